The van der Waals surface area contributed by atoms with Crippen LogP contribution < -0.4 is 9.62 Å². The zero-order valence-electron chi connectivity index (χ0n) is 19.2. The first-order valence-corrected chi connectivity index (χ1v) is 12.7. The molecule has 1 N–H and O–H groups in total. The fourth-order valence-corrected chi connectivity index (χ4v) is 4.42. The monoisotopic (exact) mass is 459 g/mol. The lowest BCUT2D eigenvalue weighted by Gasteiger charge is -2.32. The van der Waals surface area contributed by atoms with Crippen LogP contribution in [0.15, 0.2) is 54.6 Å². The lowest BCUT2D eigenvalue weighted by atomic mass is 10.1. The topological polar surface area (TPSA) is 86.8 Å². The first-order chi connectivity index (χ1) is 15.2. The Labute approximate surface area is 191 Å². The minimum absolute atomic E-state index is 0.271. The molecule has 2 aromatic rings. The van der Waals surface area contributed by atoms with Crippen LogP contribution in [-0.2, 0) is 32.5 Å². The number of aryl methyl sites for hydroxylation is 1. The van der Waals surface area contributed by atoms with Crippen molar-refractivity contribution in [3.63, 3.8) is 0 Å². The average Bonchev–Trinajstić information content (AvgIpc) is 2.79. The normalized spacial score (nSPS) is 12.1. The molecule has 0 aliphatic heterocycles. The molecule has 0 aromatic heterocycles. The minimum Gasteiger partial charge on any atom is -0.357 e. The van der Waals surface area contributed by atoms with Crippen LogP contribution in [0.4, 0.5) is 5.69 Å². The van der Waals surface area contributed by atoms with Crippen LogP contribution in [0.2, 0.25) is 0 Å². The van der Waals surface area contributed by atoms with Gasteiger partial charge in [-0.3, -0.25) is 13.9 Å². The molecular formula is C24H33N3O4S. The summed E-state index contributed by atoms with van der Waals surface area (Å²) in [5, 5.41) is 2.61. The van der Waals surface area contributed by atoms with Gasteiger partial charge in [0.25, 0.3) is 0 Å². The minimum atomic E-state index is -3.71. The summed E-state index contributed by atoms with van der Waals surface area (Å²) in [7, 11) is -2.18. The first kappa shape index (κ1) is 25.4. The van der Waals surface area contributed by atoms with Gasteiger partial charge in [-0.15, -0.1) is 0 Å². The van der Waals surface area contributed by atoms with Gasteiger partial charge in [0.2, 0.25) is 21.8 Å². The number of hydrogen-bond donors (Lipinski definition) is 1. The Hall–Kier alpha value is -2.87. The van der Waals surface area contributed by atoms with E-state index in [9.17, 15) is 18.0 Å². The van der Waals surface area contributed by atoms with E-state index in [1.54, 1.807) is 12.1 Å². The Morgan fingerprint density at radius 2 is 1.59 bits per heavy atom. The summed E-state index contributed by atoms with van der Waals surface area (Å²) < 4.78 is 26.2. The van der Waals surface area contributed by atoms with E-state index in [2.05, 4.69) is 5.32 Å². The van der Waals surface area contributed by atoms with Crippen molar-refractivity contribution in [1.82, 2.24) is 10.2 Å². The van der Waals surface area contributed by atoms with Gasteiger partial charge in [0.05, 0.1) is 11.9 Å². The summed E-state index contributed by atoms with van der Waals surface area (Å²) in [6, 6.07) is 16.1. The Morgan fingerprint density at radius 3 is 2.09 bits per heavy atom. The molecule has 0 heterocycles. The third kappa shape index (κ3) is 6.82. The molecule has 174 valence electrons. The molecule has 0 aliphatic carbocycles. The maximum Gasteiger partial charge on any atom is 0.244 e. The van der Waals surface area contributed by atoms with Crippen LogP contribution in [0.25, 0.3) is 0 Å². The van der Waals surface area contributed by atoms with E-state index in [0.29, 0.717) is 25.1 Å². The molecule has 0 unspecified atom stereocenters. The van der Waals surface area contributed by atoms with Crippen molar-refractivity contribution in [3.05, 3.63) is 65.7 Å². The molecule has 0 spiro atoms. The van der Waals surface area contributed by atoms with Crippen molar-refractivity contribution in [2.75, 3.05) is 30.7 Å². The summed E-state index contributed by atoms with van der Waals surface area (Å²) in [4.78, 5) is 27.4. The molecular weight excluding hydrogens is 426 g/mol. The van der Waals surface area contributed by atoms with Crippen LogP contribution in [-0.4, -0.2) is 57.6 Å². The van der Waals surface area contributed by atoms with Gasteiger partial charge in [0, 0.05) is 13.6 Å². The summed E-state index contributed by atoms with van der Waals surface area (Å²) >= 11 is 0. The highest BCUT2D eigenvalue weighted by Gasteiger charge is 2.30. The van der Waals surface area contributed by atoms with Gasteiger partial charge in [0.15, 0.2) is 0 Å². The van der Waals surface area contributed by atoms with Gasteiger partial charge in [-0.25, -0.2) is 8.42 Å². The quantitative estimate of drug-likeness (QED) is 0.560. The number of nitrogens with zero attached hydrogens (tertiary/aromatic N) is 2. The fraction of sp³-hybridized carbons (Fsp3) is 0.417. The van der Waals surface area contributed by atoms with Gasteiger partial charge in [-0.1, -0.05) is 56.3 Å². The van der Waals surface area contributed by atoms with E-state index >= 15 is 0 Å². The van der Waals surface area contributed by atoms with E-state index in [0.717, 1.165) is 28.1 Å². The highest BCUT2D eigenvalue weighted by Crippen LogP contribution is 2.20. The molecule has 2 amide bonds. The van der Waals surface area contributed by atoms with Crippen molar-refractivity contribution < 1.29 is 18.0 Å². The number of carbonyl (C=O) groups excluding carboxylic acids is 2. The zero-order valence-corrected chi connectivity index (χ0v) is 20.1. The largest absolute Gasteiger partial charge is 0.357 e. The molecule has 0 saturated heterocycles. The molecule has 0 fully saturated rings. The second kappa shape index (κ2) is 11.7. The van der Waals surface area contributed by atoms with Gasteiger partial charge in [-0.05, 0) is 42.5 Å². The number of sulfonamides is 1. The highest BCUT2D eigenvalue weighted by molar-refractivity contribution is 7.92. The Balaban J connectivity index is 2.32. The number of hydrogen-bond acceptors (Lipinski definition) is 4. The number of carbonyl (C=O) groups is 2. The van der Waals surface area contributed by atoms with Gasteiger partial charge >= 0.3 is 0 Å². The Bertz CT molecular complexity index is 992. The van der Waals surface area contributed by atoms with Crippen LogP contribution in [0, 0.1) is 0 Å². The Kier molecular flexibility index (Phi) is 9.26. The molecule has 0 bridgehead atoms. The van der Waals surface area contributed by atoms with Crippen LogP contribution in [0.5, 0.6) is 0 Å². The molecule has 7 nitrogen and oxygen atoms in total. The standard InChI is InChI=1S/C24H33N3O4S/c1-5-19-12-14-21(15-13-19)27(32(4,30)31)18-23(28)26(22(6-2)24(29)25-3)17-16-20-10-8-7-9-11-20/h7-15,22H,5-6,16-18H2,1-4H3,(H,25,29)/t22-/m1/s1. The smallest absolute Gasteiger partial charge is 0.244 e. The number of nitrogens with one attached hydrogen (secondary N) is 1. The number of rotatable bonds is 11. The van der Waals surface area contributed by atoms with Crippen molar-refractivity contribution in [2.24, 2.45) is 0 Å². The van der Waals surface area contributed by atoms with Gasteiger partial charge < -0.3 is 10.2 Å². The molecule has 8 heteroatoms. The van der Waals surface area contributed by atoms with Crippen molar-refractivity contribution in [1.29, 1.82) is 0 Å². The average molecular weight is 460 g/mol. The summed E-state index contributed by atoms with van der Waals surface area (Å²) in [6.45, 7) is 3.79. The lowest BCUT2D eigenvalue weighted by molar-refractivity contribution is -0.139. The van der Waals surface area contributed by atoms with E-state index in [1.807, 2.05) is 56.3 Å². The Morgan fingerprint density at radius 1 is 0.969 bits per heavy atom. The van der Waals surface area contributed by atoms with E-state index in [4.69, 9.17) is 0 Å². The molecule has 1 atom stereocenters. The van der Waals surface area contributed by atoms with E-state index in [-0.39, 0.29) is 12.5 Å². The SMILES string of the molecule is CCc1ccc(N(CC(=O)N(CCc2ccccc2)[C@H](CC)C(=O)NC)S(C)(=O)=O)cc1. The molecule has 2 aromatic carbocycles. The lowest BCUT2D eigenvalue weighted by Crippen LogP contribution is -2.52. The fourth-order valence-electron chi connectivity index (χ4n) is 3.57. The predicted octanol–water partition coefficient (Wildman–Crippen LogP) is 2.61. The summed E-state index contributed by atoms with van der Waals surface area (Å²) in [5.74, 6) is -0.687. The number of likely N-dealkylation sites (N-methyl/N-ethyl adjacent to an activating group) is 1. The molecule has 0 aliphatic rings. The second-order valence-electron chi connectivity index (χ2n) is 7.65. The number of benzene rings is 2. The molecule has 0 saturated carbocycles. The summed E-state index contributed by atoms with van der Waals surface area (Å²) in [6.07, 6.45) is 2.89. The van der Waals surface area contributed by atoms with Crippen LogP contribution >= 0.6 is 0 Å². The molecule has 32 heavy (non-hydrogen) atoms. The molecule has 0 radical (unpaired) electrons. The first-order valence-electron chi connectivity index (χ1n) is 10.8. The van der Waals surface area contributed by atoms with Crippen molar-refractivity contribution in [3.8, 4) is 0 Å². The van der Waals surface area contributed by atoms with Crippen molar-refractivity contribution >= 4 is 27.5 Å². The van der Waals surface area contributed by atoms with E-state index < -0.39 is 22.0 Å². The third-order valence-corrected chi connectivity index (χ3v) is 6.57. The van der Waals surface area contributed by atoms with Gasteiger partial charge in [0.1, 0.15) is 12.6 Å². The second-order valence-corrected chi connectivity index (χ2v) is 9.56. The van der Waals surface area contributed by atoms with E-state index in [1.165, 1.54) is 11.9 Å². The van der Waals surface area contributed by atoms with Crippen molar-refractivity contribution in [2.45, 2.75) is 39.2 Å². The maximum atomic E-state index is 13.4. The summed E-state index contributed by atoms with van der Waals surface area (Å²) in [5.41, 5.74) is 2.53. The van der Waals surface area contributed by atoms with Gasteiger partial charge in [-0.2, -0.15) is 0 Å². The maximum absolute atomic E-state index is 13.4. The van der Waals surface area contributed by atoms with Crippen LogP contribution in [0.1, 0.15) is 31.4 Å². The number of amides is 2. The third-order valence-electron chi connectivity index (χ3n) is 5.43. The number of anilines is 1. The molecule has 2 rings (SSSR count). The predicted molar refractivity (Wildman–Crippen MR) is 128 cm³/mol. The van der Waals surface area contributed by atoms with Crippen LogP contribution in [0.3, 0.4) is 0 Å². The highest BCUT2D eigenvalue weighted by atomic mass is 32.2. The zero-order chi connectivity index (χ0) is 23.7.